The van der Waals surface area contributed by atoms with E-state index >= 15 is 0 Å². The fourth-order valence-electron chi connectivity index (χ4n) is 2.27. The van der Waals surface area contributed by atoms with E-state index in [0.29, 0.717) is 0 Å². The molecule has 0 bridgehead atoms. The number of hydrogen-bond acceptors (Lipinski definition) is 2. The third kappa shape index (κ3) is 4.08. The first kappa shape index (κ1) is 14.0. The van der Waals surface area contributed by atoms with Gasteiger partial charge < -0.3 is 9.47 Å². The van der Waals surface area contributed by atoms with Crippen LogP contribution in [-0.2, 0) is 15.9 Å². The van der Waals surface area contributed by atoms with E-state index in [4.69, 9.17) is 9.47 Å². The maximum atomic E-state index is 6.11. The summed E-state index contributed by atoms with van der Waals surface area (Å²) >= 11 is 3.58. The van der Waals surface area contributed by atoms with Gasteiger partial charge in [0.2, 0.25) is 0 Å². The normalized spacial score (nSPS) is 18.7. The van der Waals surface area contributed by atoms with Crippen molar-refractivity contribution in [1.29, 1.82) is 0 Å². The monoisotopic (exact) mass is 312 g/mol. The average molecular weight is 313 g/mol. The predicted octanol–water partition coefficient (Wildman–Crippen LogP) is 3.58. The van der Waals surface area contributed by atoms with Crippen molar-refractivity contribution in [2.24, 2.45) is 0 Å². The Morgan fingerprint density at radius 1 is 1.17 bits per heavy atom. The van der Waals surface area contributed by atoms with Gasteiger partial charge in [0, 0.05) is 38.0 Å². The van der Waals surface area contributed by atoms with E-state index in [-0.39, 0.29) is 5.60 Å². The maximum Gasteiger partial charge on any atom is 0.0822 e. The second kappa shape index (κ2) is 7.27. The summed E-state index contributed by atoms with van der Waals surface area (Å²) in [4.78, 5) is 0. The summed E-state index contributed by atoms with van der Waals surface area (Å²) in [6.07, 6.45) is 4.18. The highest BCUT2D eigenvalue weighted by atomic mass is 79.9. The van der Waals surface area contributed by atoms with E-state index in [1.54, 1.807) is 0 Å². The summed E-state index contributed by atoms with van der Waals surface area (Å²) < 4.78 is 11.5. The Bertz CT molecular complexity index is 334. The number of halogens is 1. The van der Waals surface area contributed by atoms with Gasteiger partial charge in [-0.2, -0.15) is 0 Å². The Balaban J connectivity index is 1.71. The van der Waals surface area contributed by atoms with Gasteiger partial charge in [0.05, 0.1) is 5.60 Å². The van der Waals surface area contributed by atoms with E-state index in [1.165, 1.54) is 5.56 Å². The average Bonchev–Trinajstić information content (AvgIpc) is 2.46. The van der Waals surface area contributed by atoms with Gasteiger partial charge >= 0.3 is 0 Å². The lowest BCUT2D eigenvalue weighted by Gasteiger charge is -2.35. The van der Waals surface area contributed by atoms with Crippen molar-refractivity contribution in [2.75, 3.05) is 25.2 Å². The smallest absolute Gasteiger partial charge is 0.0822 e. The van der Waals surface area contributed by atoms with E-state index in [0.717, 1.165) is 50.8 Å². The topological polar surface area (TPSA) is 18.5 Å². The summed E-state index contributed by atoms with van der Waals surface area (Å²) in [6.45, 7) is 2.48. The van der Waals surface area contributed by atoms with Crippen molar-refractivity contribution in [3.8, 4) is 0 Å². The lowest BCUT2D eigenvalue weighted by Crippen LogP contribution is -2.41. The molecular formula is C15H21BrO2. The number of hydrogen-bond donors (Lipinski definition) is 0. The Labute approximate surface area is 118 Å². The van der Waals surface area contributed by atoms with Crippen molar-refractivity contribution >= 4 is 15.9 Å². The Morgan fingerprint density at radius 2 is 1.89 bits per heavy atom. The molecule has 2 nitrogen and oxygen atoms in total. The minimum Gasteiger partial charge on any atom is -0.381 e. The largest absolute Gasteiger partial charge is 0.381 e. The summed E-state index contributed by atoms with van der Waals surface area (Å²) in [5.41, 5.74) is 1.40. The molecular weight excluding hydrogens is 292 g/mol. The molecule has 1 heterocycles. The SMILES string of the molecule is BrCC1(OCCCc2ccccc2)CCOCC1. The first-order valence-electron chi connectivity index (χ1n) is 6.66. The number of rotatable bonds is 6. The zero-order chi connectivity index (χ0) is 12.7. The molecule has 0 aromatic heterocycles. The molecule has 1 aliphatic heterocycles. The second-order valence-electron chi connectivity index (χ2n) is 4.87. The van der Waals surface area contributed by atoms with Crippen molar-refractivity contribution in [3.63, 3.8) is 0 Å². The zero-order valence-electron chi connectivity index (χ0n) is 10.7. The van der Waals surface area contributed by atoms with E-state index in [2.05, 4.69) is 46.3 Å². The van der Waals surface area contributed by atoms with Crippen LogP contribution < -0.4 is 0 Å². The fourth-order valence-corrected chi connectivity index (χ4v) is 2.99. The van der Waals surface area contributed by atoms with Crippen LogP contribution in [0, 0.1) is 0 Å². The van der Waals surface area contributed by atoms with E-state index in [9.17, 15) is 0 Å². The van der Waals surface area contributed by atoms with Crippen LogP contribution in [0.25, 0.3) is 0 Å². The summed E-state index contributed by atoms with van der Waals surface area (Å²) in [5, 5.41) is 0.911. The highest BCUT2D eigenvalue weighted by Gasteiger charge is 2.32. The van der Waals surface area contributed by atoms with Crippen LogP contribution in [0.4, 0.5) is 0 Å². The van der Waals surface area contributed by atoms with Gasteiger partial charge in [-0.3, -0.25) is 0 Å². The van der Waals surface area contributed by atoms with Gasteiger partial charge in [-0.15, -0.1) is 0 Å². The zero-order valence-corrected chi connectivity index (χ0v) is 12.3. The molecule has 0 unspecified atom stereocenters. The summed E-state index contributed by atoms with van der Waals surface area (Å²) in [5.74, 6) is 0. The Morgan fingerprint density at radius 3 is 2.56 bits per heavy atom. The lowest BCUT2D eigenvalue weighted by molar-refractivity contribution is -0.0956. The molecule has 0 spiro atoms. The van der Waals surface area contributed by atoms with Crippen molar-refractivity contribution in [3.05, 3.63) is 35.9 Å². The van der Waals surface area contributed by atoms with Crippen LogP contribution in [0.15, 0.2) is 30.3 Å². The third-order valence-corrected chi connectivity index (χ3v) is 4.53. The van der Waals surface area contributed by atoms with Crippen molar-refractivity contribution in [1.82, 2.24) is 0 Å². The molecule has 1 aliphatic rings. The van der Waals surface area contributed by atoms with Crippen molar-refractivity contribution < 1.29 is 9.47 Å². The molecule has 2 rings (SSSR count). The summed E-state index contributed by atoms with van der Waals surface area (Å²) in [6, 6.07) is 10.6. The van der Waals surface area contributed by atoms with E-state index in [1.807, 2.05) is 0 Å². The van der Waals surface area contributed by atoms with Gasteiger partial charge in [-0.1, -0.05) is 46.3 Å². The first-order chi connectivity index (χ1) is 8.85. The number of benzene rings is 1. The standard InChI is InChI=1S/C15H21BrO2/c16-13-15(8-11-17-12-9-15)18-10-4-7-14-5-2-1-3-6-14/h1-3,5-6H,4,7-13H2. The molecule has 0 amide bonds. The molecule has 1 aromatic rings. The molecule has 3 heteroatoms. The molecule has 0 atom stereocenters. The van der Waals surface area contributed by atoms with Crippen LogP contribution in [0.1, 0.15) is 24.8 Å². The van der Waals surface area contributed by atoms with Gasteiger partial charge in [-0.25, -0.2) is 0 Å². The van der Waals surface area contributed by atoms with Gasteiger partial charge in [-0.05, 0) is 18.4 Å². The van der Waals surface area contributed by atoms with Crippen LogP contribution in [0.3, 0.4) is 0 Å². The highest BCUT2D eigenvalue weighted by Crippen LogP contribution is 2.27. The predicted molar refractivity (Wildman–Crippen MR) is 77.3 cm³/mol. The van der Waals surface area contributed by atoms with Crippen LogP contribution in [0.5, 0.6) is 0 Å². The first-order valence-corrected chi connectivity index (χ1v) is 7.78. The fraction of sp³-hybridized carbons (Fsp3) is 0.600. The van der Waals surface area contributed by atoms with Crippen molar-refractivity contribution in [2.45, 2.75) is 31.3 Å². The molecule has 100 valence electrons. The Hall–Kier alpha value is -0.380. The highest BCUT2D eigenvalue weighted by molar-refractivity contribution is 9.09. The molecule has 1 fully saturated rings. The number of aryl methyl sites for hydroxylation is 1. The third-order valence-electron chi connectivity index (χ3n) is 3.51. The molecule has 0 aliphatic carbocycles. The van der Waals surface area contributed by atoms with Gasteiger partial charge in [0.1, 0.15) is 0 Å². The molecule has 1 saturated heterocycles. The molecule has 0 N–H and O–H groups in total. The van der Waals surface area contributed by atoms with Crippen LogP contribution in [0.2, 0.25) is 0 Å². The van der Waals surface area contributed by atoms with Crippen LogP contribution >= 0.6 is 15.9 Å². The minimum absolute atomic E-state index is 0.00887. The molecule has 18 heavy (non-hydrogen) atoms. The number of alkyl halides is 1. The minimum atomic E-state index is 0.00887. The number of ether oxygens (including phenoxy) is 2. The lowest BCUT2D eigenvalue weighted by atomic mass is 9.96. The van der Waals surface area contributed by atoms with E-state index < -0.39 is 0 Å². The van der Waals surface area contributed by atoms with Crippen LogP contribution in [-0.4, -0.2) is 30.8 Å². The van der Waals surface area contributed by atoms with Gasteiger partial charge in [0.15, 0.2) is 0 Å². The van der Waals surface area contributed by atoms with Gasteiger partial charge in [0.25, 0.3) is 0 Å². The Kier molecular flexibility index (Phi) is 5.67. The summed E-state index contributed by atoms with van der Waals surface area (Å²) in [7, 11) is 0. The molecule has 0 radical (unpaired) electrons. The molecule has 0 saturated carbocycles. The second-order valence-corrected chi connectivity index (χ2v) is 5.43. The molecule has 1 aromatic carbocycles. The maximum absolute atomic E-state index is 6.11. The quantitative estimate of drug-likeness (QED) is 0.590.